The molecule has 1 aliphatic heterocycles. The molecule has 0 bridgehead atoms. The Morgan fingerprint density at radius 2 is 2.24 bits per heavy atom. The molecular weight excluding hydrogens is 318 g/mol. The molecule has 2 aromatic heterocycles. The smallest absolute Gasteiger partial charge is 0.251 e. The number of amides is 1. The number of anilines is 1. The molecule has 1 unspecified atom stereocenters. The Hall–Kier alpha value is -2.93. The summed E-state index contributed by atoms with van der Waals surface area (Å²) in [6, 6.07) is 5.78. The Kier molecular flexibility index (Phi) is 4.07. The van der Waals surface area contributed by atoms with E-state index in [-0.39, 0.29) is 11.9 Å². The first-order valence-corrected chi connectivity index (χ1v) is 8.21. The highest BCUT2D eigenvalue weighted by Crippen LogP contribution is 2.35. The number of hydrogen-bond acceptors (Lipinski definition) is 5. The lowest BCUT2D eigenvalue weighted by Gasteiger charge is -2.10. The summed E-state index contributed by atoms with van der Waals surface area (Å²) in [5, 5.41) is 7.29. The second kappa shape index (κ2) is 6.52. The van der Waals surface area contributed by atoms with Crippen LogP contribution < -0.4 is 10.6 Å². The predicted octanol–water partition coefficient (Wildman–Crippen LogP) is 2.04. The molecule has 25 heavy (non-hydrogen) atoms. The van der Waals surface area contributed by atoms with E-state index in [0.717, 1.165) is 34.4 Å². The van der Waals surface area contributed by atoms with Gasteiger partial charge in [-0.05, 0) is 18.2 Å². The lowest BCUT2D eigenvalue weighted by Crippen LogP contribution is -2.26. The van der Waals surface area contributed by atoms with Crippen LogP contribution in [-0.2, 0) is 11.2 Å². The van der Waals surface area contributed by atoms with Crippen LogP contribution in [-0.4, -0.2) is 41.1 Å². The number of nitrogens with zero attached hydrogens (tertiary/aromatic N) is 2. The molecule has 0 aliphatic carbocycles. The Balaban J connectivity index is 1.61. The van der Waals surface area contributed by atoms with Crippen LogP contribution in [0.2, 0.25) is 0 Å². The van der Waals surface area contributed by atoms with Crippen molar-refractivity contribution in [3.63, 3.8) is 0 Å². The summed E-state index contributed by atoms with van der Waals surface area (Å²) in [6.45, 7) is 0.984. The lowest BCUT2D eigenvalue weighted by molar-refractivity contribution is 0.0937. The van der Waals surface area contributed by atoms with Gasteiger partial charge in [-0.3, -0.25) is 9.78 Å². The Labute approximate surface area is 144 Å². The molecule has 3 N–H and O–H groups in total. The van der Waals surface area contributed by atoms with Crippen molar-refractivity contribution >= 4 is 22.6 Å². The van der Waals surface area contributed by atoms with Crippen LogP contribution in [0.1, 0.15) is 27.7 Å². The van der Waals surface area contributed by atoms with Crippen LogP contribution in [0.4, 0.5) is 5.82 Å². The third-order valence-electron chi connectivity index (χ3n) is 4.43. The fourth-order valence-corrected chi connectivity index (χ4v) is 3.17. The number of rotatable bonds is 5. The summed E-state index contributed by atoms with van der Waals surface area (Å²) in [6.07, 6.45) is 6.16. The van der Waals surface area contributed by atoms with Gasteiger partial charge >= 0.3 is 0 Å². The highest BCUT2D eigenvalue weighted by molar-refractivity contribution is 5.99. The molecule has 3 aromatic rings. The molecule has 3 heterocycles. The van der Waals surface area contributed by atoms with E-state index in [2.05, 4.69) is 25.6 Å². The molecule has 4 rings (SSSR count). The number of aromatic nitrogens is 3. The number of carbonyl (C=O) groups excluding carboxylic acids is 1. The van der Waals surface area contributed by atoms with E-state index < -0.39 is 0 Å². The summed E-state index contributed by atoms with van der Waals surface area (Å²) in [4.78, 5) is 24.3. The highest BCUT2D eigenvalue weighted by atomic mass is 16.5. The van der Waals surface area contributed by atoms with Gasteiger partial charge < -0.3 is 20.4 Å². The molecule has 0 saturated heterocycles. The number of fused-ring (bicyclic) bond motifs is 2. The third-order valence-corrected chi connectivity index (χ3v) is 4.43. The summed E-state index contributed by atoms with van der Waals surface area (Å²) in [5.41, 5.74) is 3.72. The van der Waals surface area contributed by atoms with Crippen molar-refractivity contribution < 1.29 is 9.53 Å². The SMILES string of the molecule is COCCNC(=O)c1ccc2[nH]cc(C3Cc4nccnc4N3)c2c1. The van der Waals surface area contributed by atoms with Crippen molar-refractivity contribution in [2.24, 2.45) is 0 Å². The molecule has 7 heteroatoms. The van der Waals surface area contributed by atoms with Gasteiger partial charge in [-0.15, -0.1) is 0 Å². The molecule has 1 aliphatic rings. The average molecular weight is 337 g/mol. The fraction of sp³-hybridized carbons (Fsp3) is 0.278. The number of aromatic amines is 1. The van der Waals surface area contributed by atoms with E-state index in [1.807, 2.05) is 24.4 Å². The number of ether oxygens (including phenoxy) is 1. The number of benzene rings is 1. The van der Waals surface area contributed by atoms with E-state index >= 15 is 0 Å². The monoisotopic (exact) mass is 337 g/mol. The van der Waals surface area contributed by atoms with E-state index in [4.69, 9.17) is 4.74 Å². The molecule has 0 radical (unpaired) electrons. The number of methoxy groups -OCH3 is 1. The molecule has 128 valence electrons. The van der Waals surface area contributed by atoms with E-state index in [1.165, 1.54) is 0 Å². The van der Waals surface area contributed by atoms with Crippen LogP contribution in [0.25, 0.3) is 10.9 Å². The quantitative estimate of drug-likeness (QED) is 0.620. The van der Waals surface area contributed by atoms with Crippen LogP contribution >= 0.6 is 0 Å². The second-order valence-corrected chi connectivity index (χ2v) is 6.01. The molecule has 1 amide bonds. The van der Waals surface area contributed by atoms with Gasteiger partial charge in [-0.1, -0.05) is 0 Å². The van der Waals surface area contributed by atoms with E-state index in [1.54, 1.807) is 19.5 Å². The average Bonchev–Trinajstić information content (AvgIpc) is 3.24. The first-order chi connectivity index (χ1) is 12.3. The van der Waals surface area contributed by atoms with Gasteiger partial charge in [-0.25, -0.2) is 4.98 Å². The normalized spacial score (nSPS) is 15.8. The van der Waals surface area contributed by atoms with Gasteiger partial charge in [0.05, 0.1) is 18.3 Å². The van der Waals surface area contributed by atoms with Gasteiger partial charge in [0.15, 0.2) is 0 Å². The van der Waals surface area contributed by atoms with Crippen molar-refractivity contribution in [2.75, 3.05) is 25.6 Å². The number of carbonyl (C=O) groups is 1. The second-order valence-electron chi connectivity index (χ2n) is 6.01. The highest BCUT2D eigenvalue weighted by Gasteiger charge is 2.26. The van der Waals surface area contributed by atoms with Crippen LogP contribution in [0.3, 0.4) is 0 Å². The van der Waals surface area contributed by atoms with Crippen LogP contribution in [0.15, 0.2) is 36.8 Å². The van der Waals surface area contributed by atoms with E-state index in [0.29, 0.717) is 18.7 Å². The summed E-state index contributed by atoms with van der Waals surface area (Å²) >= 11 is 0. The first-order valence-electron chi connectivity index (χ1n) is 8.21. The summed E-state index contributed by atoms with van der Waals surface area (Å²) in [7, 11) is 1.61. The Bertz CT molecular complexity index is 896. The predicted molar refractivity (Wildman–Crippen MR) is 94.6 cm³/mol. The lowest BCUT2D eigenvalue weighted by atomic mass is 10.0. The van der Waals surface area contributed by atoms with Gasteiger partial charge in [-0.2, -0.15) is 0 Å². The number of hydrogen-bond donors (Lipinski definition) is 3. The summed E-state index contributed by atoms with van der Waals surface area (Å²) < 4.78 is 4.96. The van der Waals surface area contributed by atoms with Crippen molar-refractivity contribution in [1.82, 2.24) is 20.3 Å². The zero-order valence-corrected chi connectivity index (χ0v) is 13.9. The molecule has 1 atom stereocenters. The largest absolute Gasteiger partial charge is 0.383 e. The number of nitrogens with one attached hydrogen (secondary N) is 3. The minimum Gasteiger partial charge on any atom is -0.383 e. The maximum atomic E-state index is 12.3. The molecular formula is C18H19N5O2. The first kappa shape index (κ1) is 15.6. The zero-order chi connectivity index (χ0) is 17.2. The molecule has 1 aromatic carbocycles. The van der Waals surface area contributed by atoms with Gasteiger partial charge in [0.25, 0.3) is 5.91 Å². The topological polar surface area (TPSA) is 91.9 Å². The van der Waals surface area contributed by atoms with Crippen LogP contribution in [0, 0.1) is 0 Å². The standard InChI is InChI=1S/C18H19N5O2/c1-25-7-6-21-18(24)11-2-3-14-12(8-11)13(10-22-14)15-9-16-17(23-15)20-5-4-19-16/h2-5,8,10,15,22H,6-7,9H2,1H3,(H,20,23)(H,21,24). The Morgan fingerprint density at radius 3 is 3.08 bits per heavy atom. The third kappa shape index (κ3) is 2.94. The minimum atomic E-state index is -0.0999. The summed E-state index contributed by atoms with van der Waals surface area (Å²) in [5.74, 6) is 0.729. The zero-order valence-electron chi connectivity index (χ0n) is 13.9. The van der Waals surface area contributed by atoms with Crippen molar-refractivity contribution in [1.29, 1.82) is 0 Å². The molecule has 0 saturated carbocycles. The van der Waals surface area contributed by atoms with Crippen molar-refractivity contribution in [2.45, 2.75) is 12.5 Å². The maximum Gasteiger partial charge on any atom is 0.251 e. The van der Waals surface area contributed by atoms with E-state index in [9.17, 15) is 4.79 Å². The van der Waals surface area contributed by atoms with Crippen molar-refractivity contribution in [3.8, 4) is 0 Å². The van der Waals surface area contributed by atoms with Gasteiger partial charge in [0.1, 0.15) is 5.82 Å². The minimum absolute atomic E-state index is 0.0953. The molecule has 0 spiro atoms. The Morgan fingerprint density at radius 1 is 1.36 bits per heavy atom. The molecule has 7 nitrogen and oxygen atoms in total. The number of H-pyrrole nitrogens is 1. The maximum absolute atomic E-state index is 12.3. The fourth-order valence-electron chi connectivity index (χ4n) is 3.17. The van der Waals surface area contributed by atoms with Crippen molar-refractivity contribution in [3.05, 3.63) is 53.6 Å². The van der Waals surface area contributed by atoms with Gasteiger partial charge in [0.2, 0.25) is 0 Å². The molecule has 0 fully saturated rings. The van der Waals surface area contributed by atoms with Gasteiger partial charge in [0, 0.05) is 60.7 Å². The van der Waals surface area contributed by atoms with Crippen LogP contribution in [0.5, 0.6) is 0 Å².